The molecule has 0 aliphatic carbocycles. The van der Waals surface area contributed by atoms with E-state index in [0.717, 1.165) is 23.3 Å². The molecular formula is C18H23N3O3. The van der Waals surface area contributed by atoms with E-state index in [1.54, 1.807) is 11.1 Å². The second-order valence-corrected chi connectivity index (χ2v) is 6.67. The minimum Gasteiger partial charge on any atom is -0.481 e. The number of imidazole rings is 1. The van der Waals surface area contributed by atoms with Crippen LogP contribution in [0, 0.1) is 12.3 Å². The van der Waals surface area contributed by atoms with Gasteiger partial charge in [0.2, 0.25) is 5.91 Å². The molecule has 1 fully saturated rings. The number of nitrogens with zero attached hydrogens (tertiary/aromatic N) is 3. The van der Waals surface area contributed by atoms with Gasteiger partial charge in [0, 0.05) is 25.5 Å². The van der Waals surface area contributed by atoms with Crippen molar-refractivity contribution in [2.45, 2.75) is 39.5 Å². The lowest BCUT2D eigenvalue weighted by molar-refractivity contribution is -0.155. The van der Waals surface area contributed by atoms with Gasteiger partial charge in [0.05, 0.1) is 17.5 Å². The third-order valence-corrected chi connectivity index (χ3v) is 5.20. The zero-order valence-electron chi connectivity index (χ0n) is 14.2. The third-order valence-electron chi connectivity index (χ3n) is 5.20. The first-order valence-electron chi connectivity index (χ1n) is 8.39. The van der Waals surface area contributed by atoms with Gasteiger partial charge in [-0.15, -0.1) is 0 Å². The van der Waals surface area contributed by atoms with E-state index < -0.39 is 11.4 Å². The molecule has 128 valence electrons. The van der Waals surface area contributed by atoms with E-state index in [0.29, 0.717) is 25.9 Å². The van der Waals surface area contributed by atoms with Crippen LogP contribution in [-0.4, -0.2) is 44.4 Å². The van der Waals surface area contributed by atoms with Gasteiger partial charge in [-0.25, -0.2) is 4.98 Å². The van der Waals surface area contributed by atoms with Crippen LogP contribution < -0.4 is 0 Å². The number of carboxylic acid groups (broad SMARTS) is 1. The van der Waals surface area contributed by atoms with E-state index in [4.69, 9.17) is 0 Å². The Morgan fingerprint density at radius 2 is 2.21 bits per heavy atom. The maximum absolute atomic E-state index is 12.7. The van der Waals surface area contributed by atoms with Crippen molar-refractivity contribution in [3.05, 3.63) is 35.8 Å². The summed E-state index contributed by atoms with van der Waals surface area (Å²) >= 11 is 0. The highest BCUT2D eigenvalue weighted by molar-refractivity contribution is 5.81. The summed E-state index contributed by atoms with van der Waals surface area (Å²) < 4.78 is 1.93. The van der Waals surface area contributed by atoms with Crippen molar-refractivity contribution in [2.75, 3.05) is 13.1 Å². The average molecular weight is 329 g/mol. The Kier molecular flexibility index (Phi) is 4.30. The molecule has 6 nitrogen and oxygen atoms in total. The zero-order chi connectivity index (χ0) is 17.3. The van der Waals surface area contributed by atoms with Crippen molar-refractivity contribution in [1.82, 2.24) is 14.3 Å². The molecule has 1 atom stereocenters. The highest BCUT2D eigenvalue weighted by Gasteiger charge is 2.42. The molecule has 0 saturated carbocycles. The summed E-state index contributed by atoms with van der Waals surface area (Å²) in [5, 5.41) is 9.56. The van der Waals surface area contributed by atoms with E-state index >= 15 is 0 Å². The van der Waals surface area contributed by atoms with Gasteiger partial charge in [-0.05, 0) is 37.8 Å². The maximum Gasteiger partial charge on any atom is 0.311 e. The smallest absolute Gasteiger partial charge is 0.311 e. The molecule has 3 rings (SSSR count). The van der Waals surface area contributed by atoms with Crippen LogP contribution in [0.4, 0.5) is 0 Å². The lowest BCUT2D eigenvalue weighted by Crippen LogP contribution is -2.50. The Morgan fingerprint density at radius 1 is 1.42 bits per heavy atom. The second-order valence-electron chi connectivity index (χ2n) is 6.67. The van der Waals surface area contributed by atoms with Gasteiger partial charge in [0.25, 0.3) is 0 Å². The van der Waals surface area contributed by atoms with E-state index in [1.807, 2.05) is 36.6 Å². The van der Waals surface area contributed by atoms with Gasteiger partial charge in [-0.3, -0.25) is 9.59 Å². The number of rotatable bonds is 4. The number of carbonyl (C=O) groups is 2. The number of carbonyl (C=O) groups excluding carboxylic acids is 1. The van der Waals surface area contributed by atoms with Gasteiger partial charge in [-0.1, -0.05) is 13.0 Å². The number of amides is 1. The number of aryl methyl sites for hydroxylation is 1. The Morgan fingerprint density at radius 3 is 2.92 bits per heavy atom. The molecule has 24 heavy (non-hydrogen) atoms. The number of aromatic nitrogens is 2. The van der Waals surface area contributed by atoms with E-state index in [-0.39, 0.29) is 12.3 Å². The maximum atomic E-state index is 12.7. The van der Waals surface area contributed by atoms with Gasteiger partial charge in [-0.2, -0.15) is 0 Å². The molecule has 2 aromatic rings. The first kappa shape index (κ1) is 16.5. The number of piperidine rings is 1. The van der Waals surface area contributed by atoms with Crippen LogP contribution in [0.1, 0.15) is 37.4 Å². The van der Waals surface area contributed by atoms with E-state index in [9.17, 15) is 14.7 Å². The fourth-order valence-electron chi connectivity index (χ4n) is 3.56. The number of aliphatic carboxylic acids is 1. The topological polar surface area (TPSA) is 74.9 Å². The molecule has 0 unspecified atom stereocenters. The van der Waals surface area contributed by atoms with Gasteiger partial charge >= 0.3 is 5.97 Å². The molecule has 3 heterocycles. The van der Waals surface area contributed by atoms with Crippen LogP contribution in [-0.2, 0) is 16.0 Å². The summed E-state index contributed by atoms with van der Waals surface area (Å²) in [6.45, 7) is 4.80. The van der Waals surface area contributed by atoms with Crippen molar-refractivity contribution < 1.29 is 14.7 Å². The molecule has 1 saturated heterocycles. The molecule has 6 heteroatoms. The standard InChI is InChI=1S/C18H23N3O3/c1-3-18(17(23)24)7-5-8-20(12-18)15(22)10-14-11-19-16-13(2)6-4-9-21(14)16/h4,6,9,11H,3,5,7-8,10,12H2,1-2H3,(H,23,24)/t18-/m0/s1. The minimum absolute atomic E-state index is 0.0305. The predicted octanol–water partition coefficient (Wildman–Crippen LogP) is 2.29. The normalized spacial score (nSPS) is 21.2. The number of pyridine rings is 1. The van der Waals surface area contributed by atoms with Crippen LogP contribution in [0.3, 0.4) is 0 Å². The molecule has 1 amide bonds. The van der Waals surface area contributed by atoms with Crippen molar-refractivity contribution >= 4 is 17.5 Å². The number of fused-ring (bicyclic) bond motifs is 1. The summed E-state index contributed by atoms with van der Waals surface area (Å²) in [6.07, 6.45) is 5.79. The van der Waals surface area contributed by atoms with Crippen molar-refractivity contribution in [1.29, 1.82) is 0 Å². The summed E-state index contributed by atoms with van der Waals surface area (Å²) in [7, 11) is 0. The van der Waals surface area contributed by atoms with Crippen molar-refractivity contribution in [3.8, 4) is 0 Å². The van der Waals surface area contributed by atoms with Gasteiger partial charge in [0.15, 0.2) is 0 Å². The highest BCUT2D eigenvalue weighted by atomic mass is 16.4. The Labute approximate surface area is 141 Å². The minimum atomic E-state index is -0.802. The fourth-order valence-corrected chi connectivity index (χ4v) is 3.56. The molecule has 0 radical (unpaired) electrons. The zero-order valence-corrected chi connectivity index (χ0v) is 14.2. The summed E-state index contributed by atoms with van der Waals surface area (Å²) in [5.74, 6) is -0.829. The molecule has 1 aliphatic heterocycles. The SMILES string of the molecule is CC[C@]1(C(=O)O)CCCN(C(=O)Cc2cnc3c(C)cccn23)C1. The largest absolute Gasteiger partial charge is 0.481 e. The predicted molar refractivity (Wildman–Crippen MR) is 89.8 cm³/mol. The quantitative estimate of drug-likeness (QED) is 0.934. The van der Waals surface area contributed by atoms with Crippen molar-refractivity contribution in [2.24, 2.45) is 5.41 Å². The number of carboxylic acids is 1. The van der Waals surface area contributed by atoms with Crippen LogP contribution >= 0.6 is 0 Å². The van der Waals surface area contributed by atoms with Crippen LogP contribution in [0.25, 0.3) is 5.65 Å². The van der Waals surface area contributed by atoms with Crippen LogP contribution in [0.15, 0.2) is 24.5 Å². The highest BCUT2D eigenvalue weighted by Crippen LogP contribution is 2.34. The summed E-state index contributed by atoms with van der Waals surface area (Å²) in [4.78, 5) is 30.5. The molecule has 1 aliphatic rings. The fraction of sp³-hybridized carbons (Fsp3) is 0.500. The lowest BCUT2D eigenvalue weighted by atomic mass is 9.77. The molecule has 1 N–H and O–H groups in total. The molecule has 0 bridgehead atoms. The number of likely N-dealkylation sites (tertiary alicyclic amines) is 1. The van der Waals surface area contributed by atoms with E-state index in [1.165, 1.54) is 0 Å². The number of hydrogen-bond donors (Lipinski definition) is 1. The molecule has 0 spiro atoms. The van der Waals surface area contributed by atoms with Crippen molar-refractivity contribution in [3.63, 3.8) is 0 Å². The Hall–Kier alpha value is -2.37. The lowest BCUT2D eigenvalue weighted by Gasteiger charge is -2.39. The monoisotopic (exact) mass is 329 g/mol. The molecule has 0 aromatic carbocycles. The summed E-state index contributed by atoms with van der Waals surface area (Å²) in [6, 6.07) is 3.92. The Bertz CT molecular complexity index is 783. The van der Waals surface area contributed by atoms with Crippen LogP contribution in [0.2, 0.25) is 0 Å². The number of hydrogen-bond acceptors (Lipinski definition) is 3. The Balaban J connectivity index is 1.79. The summed E-state index contributed by atoms with van der Waals surface area (Å²) in [5.41, 5.74) is 1.95. The van der Waals surface area contributed by atoms with Gasteiger partial charge < -0.3 is 14.4 Å². The second kappa shape index (κ2) is 6.26. The van der Waals surface area contributed by atoms with E-state index in [2.05, 4.69) is 4.98 Å². The average Bonchev–Trinajstić information content (AvgIpc) is 2.99. The van der Waals surface area contributed by atoms with Crippen LogP contribution in [0.5, 0.6) is 0 Å². The first-order chi connectivity index (χ1) is 11.5. The first-order valence-corrected chi connectivity index (χ1v) is 8.39. The third kappa shape index (κ3) is 2.77. The van der Waals surface area contributed by atoms with Gasteiger partial charge in [0.1, 0.15) is 5.65 Å². The molecule has 2 aromatic heterocycles. The molecular weight excluding hydrogens is 306 g/mol.